The predicted octanol–water partition coefficient (Wildman–Crippen LogP) is 1.42. The Hall–Kier alpha value is -1.85. The largest absolute Gasteiger partial charge is 0.305 e. The minimum absolute atomic E-state index is 0.203. The van der Waals surface area contributed by atoms with Crippen LogP contribution < -0.4 is 5.32 Å². The number of aromatic nitrogens is 3. The lowest BCUT2D eigenvalue weighted by atomic mass is 10.1. The Bertz CT molecular complexity index is 584. The first-order valence-electron chi connectivity index (χ1n) is 6.90. The van der Waals surface area contributed by atoms with Gasteiger partial charge in [0.1, 0.15) is 5.82 Å². The fourth-order valence-corrected chi connectivity index (χ4v) is 2.49. The zero-order valence-corrected chi connectivity index (χ0v) is 11.9. The highest BCUT2D eigenvalue weighted by molar-refractivity contribution is 5.58. The van der Waals surface area contributed by atoms with E-state index in [4.69, 9.17) is 4.98 Å². The Morgan fingerprint density at radius 2 is 2.05 bits per heavy atom. The molecule has 1 aliphatic heterocycles. The predicted molar refractivity (Wildman–Crippen MR) is 78.2 cm³/mol. The maximum Gasteiger partial charge on any atom is 0.147 e. The number of hydrogen-bond donors (Lipinski definition) is 1. The van der Waals surface area contributed by atoms with E-state index in [1.165, 1.54) is 0 Å². The number of pyridine rings is 1. The van der Waals surface area contributed by atoms with Crippen LogP contribution in [0.15, 0.2) is 30.6 Å². The summed E-state index contributed by atoms with van der Waals surface area (Å²) in [6.45, 7) is 5.00. The summed E-state index contributed by atoms with van der Waals surface area (Å²) in [6, 6.07) is 6.18. The number of piperazine rings is 1. The number of rotatable bonds is 2. The average Bonchev–Trinajstić information content (AvgIpc) is 2.47. The normalized spacial score (nSPS) is 20.0. The van der Waals surface area contributed by atoms with Gasteiger partial charge < -0.3 is 10.2 Å². The number of nitrogens with one attached hydrogen (secondary N) is 1. The maximum absolute atomic E-state index is 4.73. The van der Waals surface area contributed by atoms with Crippen LogP contribution in [0.4, 0.5) is 0 Å². The van der Waals surface area contributed by atoms with Crippen LogP contribution in [-0.4, -0.2) is 46.5 Å². The van der Waals surface area contributed by atoms with Crippen molar-refractivity contribution in [3.05, 3.63) is 42.1 Å². The van der Waals surface area contributed by atoms with Gasteiger partial charge in [-0.2, -0.15) is 0 Å². The second-order valence-corrected chi connectivity index (χ2v) is 5.26. The van der Waals surface area contributed by atoms with Crippen LogP contribution >= 0.6 is 0 Å². The van der Waals surface area contributed by atoms with Crippen molar-refractivity contribution in [1.82, 2.24) is 25.2 Å². The molecule has 104 valence electrons. The Balaban J connectivity index is 1.94. The van der Waals surface area contributed by atoms with Gasteiger partial charge in [0.15, 0.2) is 0 Å². The molecular weight excluding hydrogens is 250 g/mol. The van der Waals surface area contributed by atoms with Crippen molar-refractivity contribution >= 4 is 0 Å². The maximum atomic E-state index is 4.73. The highest BCUT2D eigenvalue weighted by atomic mass is 15.2. The standard InChI is InChI=1S/C15H19N5/c1-11-9-13(12-3-5-16-6-4-12)19-15(18-11)14-10-20(2)8-7-17-14/h3-6,9,14,17H,7-8,10H2,1-2H3. The van der Waals surface area contributed by atoms with E-state index in [1.54, 1.807) is 12.4 Å². The molecule has 0 aromatic carbocycles. The van der Waals surface area contributed by atoms with Gasteiger partial charge in [0.05, 0.1) is 11.7 Å². The van der Waals surface area contributed by atoms with Crippen LogP contribution in [0.3, 0.4) is 0 Å². The molecule has 0 amide bonds. The smallest absolute Gasteiger partial charge is 0.147 e. The molecule has 0 spiro atoms. The SMILES string of the molecule is Cc1cc(-c2ccncc2)nc(C2CN(C)CCN2)n1. The topological polar surface area (TPSA) is 53.9 Å². The van der Waals surface area contributed by atoms with E-state index >= 15 is 0 Å². The van der Waals surface area contributed by atoms with Crippen molar-refractivity contribution in [3.63, 3.8) is 0 Å². The van der Waals surface area contributed by atoms with Crippen molar-refractivity contribution < 1.29 is 0 Å². The van der Waals surface area contributed by atoms with E-state index in [1.807, 2.05) is 25.1 Å². The molecule has 3 rings (SSSR count). The first-order chi connectivity index (χ1) is 9.72. The van der Waals surface area contributed by atoms with Crippen molar-refractivity contribution in [2.24, 2.45) is 0 Å². The Morgan fingerprint density at radius 1 is 1.25 bits per heavy atom. The van der Waals surface area contributed by atoms with Gasteiger partial charge in [0.25, 0.3) is 0 Å². The van der Waals surface area contributed by atoms with Crippen molar-refractivity contribution in [2.45, 2.75) is 13.0 Å². The summed E-state index contributed by atoms with van der Waals surface area (Å²) in [7, 11) is 2.13. The highest BCUT2D eigenvalue weighted by Gasteiger charge is 2.21. The molecule has 1 aliphatic rings. The van der Waals surface area contributed by atoms with Gasteiger partial charge in [-0.1, -0.05) is 0 Å². The molecule has 1 N–H and O–H groups in total. The van der Waals surface area contributed by atoms with Gasteiger partial charge in [-0.05, 0) is 32.2 Å². The van der Waals surface area contributed by atoms with Crippen molar-refractivity contribution in [1.29, 1.82) is 0 Å². The fourth-order valence-electron chi connectivity index (χ4n) is 2.49. The zero-order valence-electron chi connectivity index (χ0n) is 11.9. The first-order valence-corrected chi connectivity index (χ1v) is 6.90. The minimum atomic E-state index is 0.203. The number of aryl methyl sites for hydroxylation is 1. The summed E-state index contributed by atoms with van der Waals surface area (Å²) in [6.07, 6.45) is 3.58. The lowest BCUT2D eigenvalue weighted by molar-refractivity contribution is 0.235. The number of nitrogens with zero attached hydrogens (tertiary/aromatic N) is 4. The van der Waals surface area contributed by atoms with Gasteiger partial charge in [-0.25, -0.2) is 9.97 Å². The molecule has 2 aromatic heterocycles. The molecule has 5 nitrogen and oxygen atoms in total. The molecular formula is C15H19N5. The zero-order chi connectivity index (χ0) is 13.9. The van der Waals surface area contributed by atoms with Crippen LogP contribution in [-0.2, 0) is 0 Å². The molecule has 0 bridgehead atoms. The molecule has 1 saturated heterocycles. The quantitative estimate of drug-likeness (QED) is 0.893. The van der Waals surface area contributed by atoms with Crippen LogP contribution in [0.5, 0.6) is 0 Å². The van der Waals surface area contributed by atoms with E-state index < -0.39 is 0 Å². The molecule has 3 heterocycles. The van der Waals surface area contributed by atoms with E-state index in [0.717, 1.165) is 42.4 Å². The van der Waals surface area contributed by atoms with Crippen LogP contribution in [0, 0.1) is 6.92 Å². The van der Waals surface area contributed by atoms with E-state index in [0.29, 0.717) is 0 Å². The molecule has 20 heavy (non-hydrogen) atoms. The van der Waals surface area contributed by atoms with Crippen LogP contribution in [0.25, 0.3) is 11.3 Å². The highest BCUT2D eigenvalue weighted by Crippen LogP contribution is 2.20. The number of likely N-dealkylation sites (N-methyl/N-ethyl adjacent to an activating group) is 1. The van der Waals surface area contributed by atoms with Crippen LogP contribution in [0.1, 0.15) is 17.6 Å². The molecule has 1 atom stereocenters. The lowest BCUT2D eigenvalue weighted by Crippen LogP contribution is -2.44. The Kier molecular flexibility index (Phi) is 3.71. The second-order valence-electron chi connectivity index (χ2n) is 5.26. The average molecular weight is 269 g/mol. The lowest BCUT2D eigenvalue weighted by Gasteiger charge is -2.30. The fraction of sp³-hybridized carbons (Fsp3) is 0.400. The molecule has 5 heteroatoms. The molecule has 2 aromatic rings. The summed E-state index contributed by atoms with van der Waals surface area (Å²) >= 11 is 0. The summed E-state index contributed by atoms with van der Waals surface area (Å²) in [5.74, 6) is 0.878. The van der Waals surface area contributed by atoms with E-state index in [-0.39, 0.29) is 6.04 Å². The third-order valence-corrected chi connectivity index (χ3v) is 3.54. The summed E-state index contributed by atoms with van der Waals surface area (Å²) in [5.41, 5.74) is 3.04. The van der Waals surface area contributed by atoms with Gasteiger partial charge in [-0.3, -0.25) is 4.98 Å². The second kappa shape index (κ2) is 5.64. The monoisotopic (exact) mass is 269 g/mol. The summed E-state index contributed by atoms with van der Waals surface area (Å²) < 4.78 is 0. The van der Waals surface area contributed by atoms with E-state index in [9.17, 15) is 0 Å². The molecule has 0 saturated carbocycles. The third-order valence-electron chi connectivity index (χ3n) is 3.54. The van der Waals surface area contributed by atoms with Crippen LogP contribution in [0.2, 0.25) is 0 Å². The minimum Gasteiger partial charge on any atom is -0.305 e. The van der Waals surface area contributed by atoms with Crippen molar-refractivity contribution in [2.75, 3.05) is 26.7 Å². The van der Waals surface area contributed by atoms with Gasteiger partial charge >= 0.3 is 0 Å². The van der Waals surface area contributed by atoms with Gasteiger partial charge in [0.2, 0.25) is 0 Å². The molecule has 0 radical (unpaired) electrons. The summed E-state index contributed by atoms with van der Waals surface area (Å²) in [4.78, 5) is 15.7. The Morgan fingerprint density at radius 3 is 2.80 bits per heavy atom. The van der Waals surface area contributed by atoms with E-state index in [2.05, 4.69) is 27.2 Å². The van der Waals surface area contributed by atoms with Gasteiger partial charge in [0, 0.05) is 43.3 Å². The van der Waals surface area contributed by atoms with Gasteiger partial charge in [-0.15, -0.1) is 0 Å². The van der Waals surface area contributed by atoms with Crippen molar-refractivity contribution in [3.8, 4) is 11.3 Å². The first kappa shape index (κ1) is 13.1. The Labute approximate surface area is 119 Å². The molecule has 1 unspecified atom stereocenters. The molecule has 1 fully saturated rings. The molecule has 0 aliphatic carbocycles. The number of hydrogen-bond acceptors (Lipinski definition) is 5. The summed E-state index contributed by atoms with van der Waals surface area (Å²) in [5, 5.41) is 3.49. The third kappa shape index (κ3) is 2.84.